The first-order chi connectivity index (χ1) is 10.2. The highest BCUT2D eigenvalue weighted by Gasteiger charge is 2.23. The van der Waals surface area contributed by atoms with Crippen molar-refractivity contribution >= 4 is 5.69 Å². The van der Waals surface area contributed by atoms with Crippen molar-refractivity contribution < 1.29 is 0 Å². The molecule has 3 rings (SSSR count). The van der Waals surface area contributed by atoms with Gasteiger partial charge in [-0.3, -0.25) is 4.98 Å². The Hall–Kier alpha value is -1.13. The number of hydrogen-bond donors (Lipinski definition) is 1. The molecule has 4 nitrogen and oxygen atoms in total. The minimum absolute atomic E-state index is 0.754. The number of pyridine rings is 1. The lowest BCUT2D eigenvalue weighted by Crippen LogP contribution is -2.37. The first-order valence-corrected chi connectivity index (χ1v) is 8.28. The Morgan fingerprint density at radius 1 is 1.24 bits per heavy atom. The van der Waals surface area contributed by atoms with Gasteiger partial charge in [-0.15, -0.1) is 0 Å². The van der Waals surface area contributed by atoms with Crippen LogP contribution >= 0.6 is 0 Å². The summed E-state index contributed by atoms with van der Waals surface area (Å²) in [6, 6.07) is 2.94. The smallest absolute Gasteiger partial charge is 0.0442 e. The fraction of sp³-hybridized carbons (Fsp3) is 0.706. The van der Waals surface area contributed by atoms with Crippen LogP contribution in [0.1, 0.15) is 31.2 Å². The molecule has 1 aliphatic heterocycles. The third-order valence-electron chi connectivity index (χ3n) is 4.61. The van der Waals surface area contributed by atoms with Crippen LogP contribution < -0.4 is 10.2 Å². The highest BCUT2D eigenvalue weighted by Crippen LogP contribution is 2.27. The van der Waals surface area contributed by atoms with Gasteiger partial charge >= 0.3 is 0 Å². The number of piperidine rings is 1. The van der Waals surface area contributed by atoms with Crippen LogP contribution in [0, 0.1) is 5.92 Å². The van der Waals surface area contributed by atoms with E-state index in [-0.39, 0.29) is 0 Å². The van der Waals surface area contributed by atoms with Crippen LogP contribution in [0.4, 0.5) is 5.69 Å². The maximum absolute atomic E-state index is 4.32. The van der Waals surface area contributed by atoms with Crippen LogP contribution in [0.5, 0.6) is 0 Å². The Morgan fingerprint density at radius 3 is 2.67 bits per heavy atom. The Labute approximate surface area is 128 Å². The summed E-state index contributed by atoms with van der Waals surface area (Å²) in [6.07, 6.45) is 9.25. The van der Waals surface area contributed by atoms with Crippen molar-refractivity contribution in [1.82, 2.24) is 15.2 Å². The molecule has 1 aromatic rings. The maximum Gasteiger partial charge on any atom is 0.0442 e. The molecular formula is C17H28N4. The number of aromatic nitrogens is 1. The van der Waals surface area contributed by atoms with Crippen LogP contribution in [0.3, 0.4) is 0 Å². The molecule has 116 valence electrons. The number of nitrogens with one attached hydrogen (secondary N) is 1. The lowest BCUT2D eigenvalue weighted by Gasteiger charge is -2.35. The molecule has 2 fully saturated rings. The zero-order valence-corrected chi connectivity index (χ0v) is 13.4. The van der Waals surface area contributed by atoms with Crippen molar-refractivity contribution in [3.05, 3.63) is 24.0 Å². The summed E-state index contributed by atoms with van der Waals surface area (Å²) in [5, 5.41) is 3.61. The van der Waals surface area contributed by atoms with Gasteiger partial charge in [-0.25, -0.2) is 0 Å². The molecule has 0 aromatic carbocycles. The standard InChI is InChI=1S/C17H28N4/c1-20(2)13-14-6-9-21(10-7-14)17-5-8-18-11-15(17)12-19-16-3-4-16/h5,8,11,14,16,19H,3-4,6-7,9-10,12-13H2,1-2H3. The van der Waals surface area contributed by atoms with Crippen molar-refractivity contribution in [3.63, 3.8) is 0 Å². The summed E-state index contributed by atoms with van der Waals surface area (Å²) < 4.78 is 0. The molecule has 1 N–H and O–H groups in total. The number of hydrogen-bond acceptors (Lipinski definition) is 4. The van der Waals surface area contributed by atoms with E-state index in [4.69, 9.17) is 0 Å². The van der Waals surface area contributed by atoms with Gasteiger partial charge in [-0.1, -0.05) is 0 Å². The first kappa shape index (κ1) is 14.8. The molecule has 21 heavy (non-hydrogen) atoms. The lowest BCUT2D eigenvalue weighted by atomic mass is 9.95. The van der Waals surface area contributed by atoms with E-state index in [1.165, 1.54) is 56.6 Å². The van der Waals surface area contributed by atoms with Crippen molar-refractivity contribution in [2.75, 3.05) is 38.6 Å². The Morgan fingerprint density at radius 2 is 2.00 bits per heavy atom. The Balaban J connectivity index is 1.58. The van der Waals surface area contributed by atoms with E-state index in [0.717, 1.165) is 18.5 Å². The van der Waals surface area contributed by atoms with Gasteiger partial charge < -0.3 is 15.1 Å². The number of rotatable bonds is 6. The van der Waals surface area contributed by atoms with E-state index in [2.05, 4.69) is 40.3 Å². The molecule has 0 bridgehead atoms. The molecule has 0 unspecified atom stereocenters. The summed E-state index contributed by atoms with van der Waals surface area (Å²) in [5.74, 6) is 0.853. The molecule has 0 amide bonds. The van der Waals surface area contributed by atoms with Gasteiger partial charge in [0.2, 0.25) is 0 Å². The molecule has 0 atom stereocenters. The van der Waals surface area contributed by atoms with E-state index in [1.807, 2.05) is 12.4 Å². The molecule has 1 saturated heterocycles. The fourth-order valence-electron chi connectivity index (χ4n) is 3.28. The quantitative estimate of drug-likeness (QED) is 0.869. The van der Waals surface area contributed by atoms with Gasteiger partial charge in [0.05, 0.1) is 0 Å². The average Bonchev–Trinajstić information content (AvgIpc) is 3.30. The van der Waals surface area contributed by atoms with Crippen LogP contribution in [-0.4, -0.2) is 49.7 Å². The van der Waals surface area contributed by atoms with Crippen LogP contribution in [-0.2, 0) is 6.54 Å². The summed E-state index contributed by atoms with van der Waals surface area (Å²) in [6.45, 7) is 4.55. The average molecular weight is 288 g/mol. The van der Waals surface area contributed by atoms with Gasteiger partial charge in [-0.2, -0.15) is 0 Å². The minimum atomic E-state index is 0.754. The maximum atomic E-state index is 4.32. The van der Waals surface area contributed by atoms with Gasteiger partial charge in [0, 0.05) is 55.9 Å². The Bertz CT molecular complexity index is 448. The molecule has 4 heteroatoms. The van der Waals surface area contributed by atoms with E-state index in [1.54, 1.807) is 0 Å². The minimum Gasteiger partial charge on any atom is -0.371 e. The Kier molecular flexibility index (Phi) is 4.76. The normalized spacial score (nSPS) is 20.2. The van der Waals surface area contributed by atoms with Crippen molar-refractivity contribution in [2.24, 2.45) is 5.92 Å². The third kappa shape index (κ3) is 4.17. The zero-order chi connectivity index (χ0) is 14.7. The van der Waals surface area contributed by atoms with E-state index >= 15 is 0 Å². The SMILES string of the molecule is CN(C)CC1CCN(c2ccncc2CNC2CC2)CC1. The molecular weight excluding hydrogens is 260 g/mol. The van der Waals surface area contributed by atoms with Gasteiger partial charge in [0.25, 0.3) is 0 Å². The van der Waals surface area contributed by atoms with Crippen LogP contribution in [0.15, 0.2) is 18.5 Å². The van der Waals surface area contributed by atoms with Crippen molar-refractivity contribution in [3.8, 4) is 0 Å². The molecule has 1 aromatic heterocycles. The summed E-state index contributed by atoms with van der Waals surface area (Å²) in [4.78, 5) is 9.19. The van der Waals surface area contributed by atoms with Gasteiger partial charge in [0.15, 0.2) is 0 Å². The van der Waals surface area contributed by atoms with Crippen LogP contribution in [0.25, 0.3) is 0 Å². The van der Waals surface area contributed by atoms with Crippen molar-refractivity contribution in [2.45, 2.75) is 38.3 Å². The van der Waals surface area contributed by atoms with Crippen molar-refractivity contribution in [1.29, 1.82) is 0 Å². The zero-order valence-electron chi connectivity index (χ0n) is 13.4. The predicted molar refractivity (Wildman–Crippen MR) is 87.6 cm³/mol. The second-order valence-corrected chi connectivity index (χ2v) is 6.85. The topological polar surface area (TPSA) is 31.4 Å². The second-order valence-electron chi connectivity index (χ2n) is 6.85. The van der Waals surface area contributed by atoms with Gasteiger partial charge in [0.1, 0.15) is 0 Å². The molecule has 2 aliphatic rings. The highest BCUT2D eigenvalue weighted by molar-refractivity contribution is 5.52. The van der Waals surface area contributed by atoms with Gasteiger partial charge in [-0.05, 0) is 51.8 Å². The summed E-state index contributed by atoms with van der Waals surface area (Å²) >= 11 is 0. The molecule has 0 spiro atoms. The molecule has 2 heterocycles. The van der Waals surface area contributed by atoms with E-state index in [0.29, 0.717) is 0 Å². The number of anilines is 1. The largest absolute Gasteiger partial charge is 0.371 e. The predicted octanol–water partition coefficient (Wildman–Crippen LogP) is 2.11. The van der Waals surface area contributed by atoms with E-state index in [9.17, 15) is 0 Å². The second kappa shape index (κ2) is 6.75. The summed E-state index contributed by atoms with van der Waals surface area (Å²) in [5.41, 5.74) is 2.75. The number of nitrogens with zero attached hydrogens (tertiary/aromatic N) is 3. The highest BCUT2D eigenvalue weighted by atomic mass is 15.1. The fourth-order valence-corrected chi connectivity index (χ4v) is 3.28. The molecule has 1 saturated carbocycles. The monoisotopic (exact) mass is 288 g/mol. The first-order valence-electron chi connectivity index (χ1n) is 8.28. The lowest BCUT2D eigenvalue weighted by molar-refractivity contribution is 0.285. The molecule has 0 radical (unpaired) electrons. The summed E-state index contributed by atoms with van der Waals surface area (Å²) in [7, 11) is 4.35. The third-order valence-corrected chi connectivity index (χ3v) is 4.61. The van der Waals surface area contributed by atoms with E-state index < -0.39 is 0 Å². The van der Waals surface area contributed by atoms with Crippen LogP contribution in [0.2, 0.25) is 0 Å². The molecule has 1 aliphatic carbocycles.